The third kappa shape index (κ3) is 5.04. The van der Waals surface area contributed by atoms with Gasteiger partial charge in [-0.2, -0.15) is 0 Å². The lowest BCUT2D eigenvalue weighted by Crippen LogP contribution is -2.47. The summed E-state index contributed by atoms with van der Waals surface area (Å²) in [6.45, 7) is 6.61. The van der Waals surface area contributed by atoms with Gasteiger partial charge in [0.15, 0.2) is 0 Å². The Morgan fingerprint density at radius 1 is 1.35 bits per heavy atom. The van der Waals surface area contributed by atoms with Crippen LogP contribution in [-0.4, -0.2) is 29.2 Å². The molecule has 0 saturated heterocycles. The zero-order valence-electron chi connectivity index (χ0n) is 11.3. The van der Waals surface area contributed by atoms with E-state index in [1.54, 1.807) is 6.92 Å². The molecule has 0 heterocycles. The van der Waals surface area contributed by atoms with Gasteiger partial charge >= 0.3 is 0 Å². The van der Waals surface area contributed by atoms with Crippen molar-refractivity contribution in [1.82, 2.24) is 5.32 Å². The van der Waals surface area contributed by atoms with Crippen molar-refractivity contribution in [3.8, 4) is 0 Å². The molecular weight excluding hydrogens is 216 g/mol. The normalized spacial score (nSPS) is 24.1. The highest BCUT2D eigenvalue weighted by atomic mass is 16.3. The van der Waals surface area contributed by atoms with Crippen molar-refractivity contribution in [3.05, 3.63) is 0 Å². The maximum Gasteiger partial charge on any atom is 0.221 e. The number of hydrogen-bond donors (Lipinski definition) is 3. The molecule has 1 fully saturated rings. The Hall–Kier alpha value is -0.610. The highest BCUT2D eigenvalue weighted by molar-refractivity contribution is 5.76. The zero-order valence-corrected chi connectivity index (χ0v) is 11.3. The Morgan fingerprint density at radius 3 is 2.35 bits per heavy atom. The first-order valence-corrected chi connectivity index (χ1v) is 6.47. The number of carbonyl (C=O) groups is 1. The van der Waals surface area contributed by atoms with E-state index in [0.29, 0.717) is 18.4 Å². The molecule has 0 radical (unpaired) electrons. The van der Waals surface area contributed by atoms with Gasteiger partial charge in [-0.3, -0.25) is 4.79 Å². The van der Waals surface area contributed by atoms with Crippen LogP contribution in [0, 0.1) is 5.41 Å². The van der Waals surface area contributed by atoms with Crippen molar-refractivity contribution in [2.75, 3.05) is 6.54 Å². The number of nitrogens with one attached hydrogen (secondary N) is 1. The summed E-state index contributed by atoms with van der Waals surface area (Å²) in [7, 11) is 0. The van der Waals surface area contributed by atoms with Crippen LogP contribution in [0.5, 0.6) is 0 Å². The summed E-state index contributed by atoms with van der Waals surface area (Å²) in [6.07, 6.45) is 3.86. The molecule has 0 aliphatic heterocycles. The second kappa shape index (κ2) is 5.36. The Balaban J connectivity index is 2.34. The van der Waals surface area contributed by atoms with Crippen LogP contribution in [-0.2, 0) is 4.79 Å². The van der Waals surface area contributed by atoms with Crippen LogP contribution >= 0.6 is 0 Å². The fraction of sp³-hybridized carbons (Fsp3) is 0.923. The van der Waals surface area contributed by atoms with Crippen molar-refractivity contribution in [1.29, 1.82) is 0 Å². The van der Waals surface area contributed by atoms with E-state index >= 15 is 0 Å². The van der Waals surface area contributed by atoms with Crippen LogP contribution in [0.3, 0.4) is 0 Å². The molecule has 1 unspecified atom stereocenters. The van der Waals surface area contributed by atoms with E-state index in [1.165, 1.54) is 0 Å². The fourth-order valence-corrected chi connectivity index (χ4v) is 2.20. The van der Waals surface area contributed by atoms with E-state index in [4.69, 9.17) is 5.73 Å². The Morgan fingerprint density at radius 2 is 1.88 bits per heavy atom. The Bertz CT molecular complexity index is 265. The molecule has 100 valence electrons. The minimum absolute atomic E-state index is 0.0711. The van der Waals surface area contributed by atoms with E-state index in [1.807, 2.05) is 0 Å². The minimum Gasteiger partial charge on any atom is -0.388 e. The summed E-state index contributed by atoms with van der Waals surface area (Å²) < 4.78 is 0. The third-order valence-electron chi connectivity index (χ3n) is 3.66. The Labute approximate surface area is 104 Å². The van der Waals surface area contributed by atoms with Crippen molar-refractivity contribution in [2.45, 2.75) is 64.5 Å². The third-order valence-corrected chi connectivity index (χ3v) is 3.66. The number of rotatable bonds is 4. The van der Waals surface area contributed by atoms with Gasteiger partial charge < -0.3 is 16.2 Å². The van der Waals surface area contributed by atoms with Gasteiger partial charge in [-0.25, -0.2) is 0 Å². The summed E-state index contributed by atoms with van der Waals surface area (Å²) in [5.41, 5.74) is 5.15. The number of carbonyl (C=O) groups excluding carboxylic acids is 1. The highest BCUT2D eigenvalue weighted by Gasteiger charge is 2.36. The predicted molar refractivity (Wildman–Crippen MR) is 68.5 cm³/mol. The van der Waals surface area contributed by atoms with E-state index < -0.39 is 5.60 Å². The number of hydrogen-bond acceptors (Lipinski definition) is 3. The fourth-order valence-electron chi connectivity index (χ4n) is 2.20. The van der Waals surface area contributed by atoms with Crippen LogP contribution in [0.2, 0.25) is 0 Å². The summed E-state index contributed by atoms with van der Waals surface area (Å²) >= 11 is 0. The SMILES string of the molecule is CC(N)CC(=O)NCC1(O)CCC(C)(C)CC1. The Kier molecular flexibility index (Phi) is 4.55. The van der Waals surface area contributed by atoms with Gasteiger partial charge in [0.2, 0.25) is 5.91 Å². The molecule has 4 nitrogen and oxygen atoms in total. The molecular formula is C13H26N2O2. The standard InChI is InChI=1S/C13H26N2O2/c1-10(14)8-11(16)15-9-13(17)6-4-12(2,3)5-7-13/h10,17H,4-9,14H2,1-3H3,(H,15,16). The van der Waals surface area contributed by atoms with Crippen molar-refractivity contribution in [2.24, 2.45) is 11.1 Å². The lowest BCUT2D eigenvalue weighted by Gasteiger charge is -2.40. The lowest BCUT2D eigenvalue weighted by molar-refractivity contribution is -0.123. The van der Waals surface area contributed by atoms with E-state index in [9.17, 15) is 9.90 Å². The molecule has 1 rings (SSSR count). The first-order chi connectivity index (χ1) is 7.72. The van der Waals surface area contributed by atoms with Crippen LogP contribution in [0.4, 0.5) is 0 Å². The van der Waals surface area contributed by atoms with Crippen LogP contribution < -0.4 is 11.1 Å². The smallest absolute Gasteiger partial charge is 0.221 e. The second-order valence-corrected chi connectivity index (χ2v) is 6.35. The van der Waals surface area contributed by atoms with Crippen molar-refractivity contribution < 1.29 is 9.90 Å². The van der Waals surface area contributed by atoms with Crippen LogP contribution in [0.25, 0.3) is 0 Å². The molecule has 1 amide bonds. The van der Waals surface area contributed by atoms with E-state index in [2.05, 4.69) is 19.2 Å². The summed E-state index contributed by atoms with van der Waals surface area (Å²) in [4.78, 5) is 11.5. The largest absolute Gasteiger partial charge is 0.388 e. The van der Waals surface area contributed by atoms with Gasteiger partial charge in [-0.1, -0.05) is 13.8 Å². The predicted octanol–water partition coefficient (Wildman–Crippen LogP) is 1.17. The van der Waals surface area contributed by atoms with Gasteiger partial charge in [0.05, 0.1) is 5.60 Å². The molecule has 4 N–H and O–H groups in total. The average molecular weight is 242 g/mol. The first kappa shape index (κ1) is 14.5. The molecule has 0 aromatic rings. The van der Waals surface area contributed by atoms with Crippen molar-refractivity contribution in [3.63, 3.8) is 0 Å². The maximum absolute atomic E-state index is 11.5. The lowest BCUT2D eigenvalue weighted by atomic mass is 9.71. The molecule has 0 aromatic carbocycles. The number of aliphatic hydroxyl groups is 1. The van der Waals surface area contributed by atoms with Gasteiger partial charge in [0.25, 0.3) is 0 Å². The molecule has 0 aromatic heterocycles. The number of nitrogens with two attached hydrogens (primary N) is 1. The number of amides is 1. The molecule has 1 aliphatic carbocycles. The summed E-state index contributed by atoms with van der Waals surface area (Å²) in [6, 6.07) is -0.130. The van der Waals surface area contributed by atoms with Gasteiger partial charge in [-0.15, -0.1) is 0 Å². The molecule has 1 atom stereocenters. The van der Waals surface area contributed by atoms with Gasteiger partial charge in [0.1, 0.15) is 0 Å². The molecule has 0 bridgehead atoms. The van der Waals surface area contributed by atoms with Crippen LogP contribution in [0.1, 0.15) is 52.9 Å². The van der Waals surface area contributed by atoms with Gasteiger partial charge in [-0.05, 0) is 38.0 Å². The monoisotopic (exact) mass is 242 g/mol. The second-order valence-electron chi connectivity index (χ2n) is 6.35. The quantitative estimate of drug-likeness (QED) is 0.692. The average Bonchev–Trinajstić information content (AvgIpc) is 2.20. The van der Waals surface area contributed by atoms with Crippen molar-refractivity contribution >= 4 is 5.91 Å². The molecule has 17 heavy (non-hydrogen) atoms. The van der Waals surface area contributed by atoms with E-state index in [-0.39, 0.29) is 11.9 Å². The summed E-state index contributed by atoms with van der Waals surface area (Å²) in [5.74, 6) is -0.0711. The molecule has 4 heteroatoms. The molecule has 1 aliphatic rings. The highest BCUT2D eigenvalue weighted by Crippen LogP contribution is 2.39. The van der Waals surface area contributed by atoms with Gasteiger partial charge in [0, 0.05) is 19.0 Å². The van der Waals surface area contributed by atoms with E-state index in [0.717, 1.165) is 25.7 Å². The topological polar surface area (TPSA) is 75.4 Å². The molecule has 1 saturated carbocycles. The molecule has 0 spiro atoms. The maximum atomic E-state index is 11.5. The minimum atomic E-state index is -0.719. The van der Waals surface area contributed by atoms with Crippen LogP contribution in [0.15, 0.2) is 0 Å². The first-order valence-electron chi connectivity index (χ1n) is 6.47. The zero-order chi connectivity index (χ0) is 13.1. The summed E-state index contributed by atoms with van der Waals surface area (Å²) in [5, 5.41) is 13.1.